The topological polar surface area (TPSA) is 9.23 Å². The van der Waals surface area contributed by atoms with Crippen LogP contribution in [0, 0.1) is 5.92 Å². The van der Waals surface area contributed by atoms with Gasteiger partial charge in [-0.25, -0.2) is 0 Å². The molecule has 0 heterocycles. The van der Waals surface area contributed by atoms with Crippen LogP contribution in [0.25, 0.3) is 0 Å². The van der Waals surface area contributed by atoms with E-state index in [1.807, 2.05) is 0 Å². The summed E-state index contributed by atoms with van der Waals surface area (Å²) >= 11 is 0. The zero-order valence-electron chi connectivity index (χ0n) is 5.56. The SMILES string of the molecule is CO[C@H](C)C(C)C. The van der Waals surface area contributed by atoms with Crippen molar-refractivity contribution in [3.05, 3.63) is 0 Å². The van der Waals surface area contributed by atoms with Crippen molar-refractivity contribution in [2.75, 3.05) is 7.11 Å². The molecule has 0 saturated heterocycles. The van der Waals surface area contributed by atoms with Crippen LogP contribution in [0.5, 0.6) is 0 Å². The number of methoxy groups -OCH3 is 1. The zero-order chi connectivity index (χ0) is 5.86. The Kier molecular flexibility index (Phi) is 3.01. The smallest absolute Gasteiger partial charge is 0.0566 e. The van der Waals surface area contributed by atoms with Crippen LogP contribution < -0.4 is 0 Å². The van der Waals surface area contributed by atoms with Crippen LogP contribution in [-0.2, 0) is 4.74 Å². The molecule has 0 N–H and O–H groups in total. The van der Waals surface area contributed by atoms with E-state index in [0.717, 1.165) is 0 Å². The molecule has 0 amide bonds. The van der Waals surface area contributed by atoms with E-state index in [1.54, 1.807) is 7.11 Å². The molecule has 0 spiro atoms. The maximum Gasteiger partial charge on any atom is 0.0566 e. The van der Waals surface area contributed by atoms with Crippen molar-refractivity contribution in [3.8, 4) is 0 Å². The van der Waals surface area contributed by atoms with Crippen molar-refractivity contribution in [1.29, 1.82) is 0 Å². The maximum absolute atomic E-state index is 5.01. The summed E-state index contributed by atoms with van der Waals surface area (Å²) in [7, 11) is 1.74. The summed E-state index contributed by atoms with van der Waals surface area (Å²) in [6, 6.07) is 0. The van der Waals surface area contributed by atoms with Crippen LogP contribution in [0.15, 0.2) is 0 Å². The highest BCUT2D eigenvalue weighted by molar-refractivity contribution is 4.51. The van der Waals surface area contributed by atoms with Crippen LogP contribution in [0.2, 0.25) is 0 Å². The van der Waals surface area contributed by atoms with E-state index in [1.165, 1.54) is 0 Å². The Morgan fingerprint density at radius 2 is 1.57 bits per heavy atom. The standard InChI is InChI=1S/C6H14O/c1-5(2)6(3)7-4/h5-6H,1-4H3/t6-/m1/s1. The van der Waals surface area contributed by atoms with Crippen LogP contribution in [0.4, 0.5) is 0 Å². The second-order valence-corrected chi connectivity index (χ2v) is 2.18. The van der Waals surface area contributed by atoms with E-state index in [-0.39, 0.29) is 0 Å². The second-order valence-electron chi connectivity index (χ2n) is 2.18. The molecule has 7 heavy (non-hydrogen) atoms. The summed E-state index contributed by atoms with van der Waals surface area (Å²) < 4.78 is 5.01. The highest BCUT2D eigenvalue weighted by Crippen LogP contribution is 2.01. The molecular formula is C6H14O. The predicted octanol–water partition coefficient (Wildman–Crippen LogP) is 1.68. The van der Waals surface area contributed by atoms with Gasteiger partial charge in [0, 0.05) is 7.11 Å². The van der Waals surface area contributed by atoms with Gasteiger partial charge in [0.2, 0.25) is 0 Å². The molecule has 0 saturated carbocycles. The predicted molar refractivity (Wildman–Crippen MR) is 31.3 cm³/mol. The molecule has 0 aromatic heterocycles. The molecule has 44 valence electrons. The van der Waals surface area contributed by atoms with Gasteiger partial charge < -0.3 is 4.74 Å². The van der Waals surface area contributed by atoms with Gasteiger partial charge in [0.1, 0.15) is 0 Å². The summed E-state index contributed by atoms with van der Waals surface area (Å²) in [5, 5.41) is 0. The van der Waals surface area contributed by atoms with Crippen molar-refractivity contribution >= 4 is 0 Å². The maximum atomic E-state index is 5.01. The van der Waals surface area contributed by atoms with Gasteiger partial charge in [-0.2, -0.15) is 0 Å². The average molecular weight is 102 g/mol. The third-order valence-corrected chi connectivity index (χ3v) is 1.31. The third kappa shape index (κ3) is 2.63. The normalized spacial score (nSPS) is 15.0. The molecular weight excluding hydrogens is 88.1 g/mol. The van der Waals surface area contributed by atoms with E-state index in [4.69, 9.17) is 4.74 Å². The Balaban J connectivity index is 3.14. The molecule has 1 atom stereocenters. The van der Waals surface area contributed by atoms with Crippen molar-refractivity contribution in [2.24, 2.45) is 5.92 Å². The largest absolute Gasteiger partial charge is 0.381 e. The average Bonchev–Trinajstić information content (AvgIpc) is 1.65. The zero-order valence-corrected chi connectivity index (χ0v) is 5.56. The molecule has 0 radical (unpaired) electrons. The fourth-order valence-corrected chi connectivity index (χ4v) is 0.272. The summed E-state index contributed by atoms with van der Waals surface area (Å²) in [5.74, 6) is 0.644. The minimum absolute atomic E-state index is 0.403. The quantitative estimate of drug-likeness (QED) is 0.515. The van der Waals surface area contributed by atoms with Gasteiger partial charge in [0.15, 0.2) is 0 Å². The van der Waals surface area contributed by atoms with E-state index >= 15 is 0 Å². The Hall–Kier alpha value is -0.0400. The molecule has 0 aliphatic heterocycles. The monoisotopic (exact) mass is 102 g/mol. The summed E-state index contributed by atoms with van der Waals surface area (Å²) in [6.45, 7) is 6.37. The van der Waals surface area contributed by atoms with Crippen molar-refractivity contribution in [1.82, 2.24) is 0 Å². The molecule has 0 aliphatic rings. The highest BCUT2D eigenvalue weighted by Gasteiger charge is 2.01. The first-order valence-corrected chi connectivity index (χ1v) is 2.71. The molecule has 1 nitrogen and oxygen atoms in total. The van der Waals surface area contributed by atoms with Crippen LogP contribution in [0.3, 0.4) is 0 Å². The van der Waals surface area contributed by atoms with Gasteiger partial charge in [-0.15, -0.1) is 0 Å². The van der Waals surface area contributed by atoms with Gasteiger partial charge in [-0.1, -0.05) is 13.8 Å². The van der Waals surface area contributed by atoms with Crippen molar-refractivity contribution in [2.45, 2.75) is 26.9 Å². The van der Waals surface area contributed by atoms with E-state index in [9.17, 15) is 0 Å². The number of rotatable bonds is 2. The molecule has 0 aromatic rings. The molecule has 0 unspecified atom stereocenters. The lowest BCUT2D eigenvalue weighted by molar-refractivity contribution is 0.0805. The van der Waals surface area contributed by atoms with Gasteiger partial charge >= 0.3 is 0 Å². The fraction of sp³-hybridized carbons (Fsp3) is 1.00. The highest BCUT2D eigenvalue weighted by atomic mass is 16.5. The first-order chi connectivity index (χ1) is 3.18. The minimum Gasteiger partial charge on any atom is -0.381 e. The second kappa shape index (κ2) is 3.03. The first-order valence-electron chi connectivity index (χ1n) is 2.71. The molecule has 0 bridgehead atoms. The van der Waals surface area contributed by atoms with E-state index in [2.05, 4.69) is 20.8 Å². The van der Waals surface area contributed by atoms with Crippen molar-refractivity contribution < 1.29 is 4.74 Å². The van der Waals surface area contributed by atoms with Gasteiger partial charge in [0.25, 0.3) is 0 Å². The fourth-order valence-electron chi connectivity index (χ4n) is 0.272. The molecule has 0 rings (SSSR count). The van der Waals surface area contributed by atoms with E-state index < -0.39 is 0 Å². The number of hydrogen-bond donors (Lipinski definition) is 0. The third-order valence-electron chi connectivity index (χ3n) is 1.31. The lowest BCUT2D eigenvalue weighted by Gasteiger charge is -2.11. The Bertz CT molecular complexity index is 41.4. The van der Waals surface area contributed by atoms with Gasteiger partial charge in [-0.05, 0) is 12.8 Å². The van der Waals surface area contributed by atoms with Gasteiger partial charge in [0.05, 0.1) is 6.10 Å². The van der Waals surface area contributed by atoms with Crippen LogP contribution in [-0.4, -0.2) is 13.2 Å². The molecule has 1 heteroatoms. The lowest BCUT2D eigenvalue weighted by Crippen LogP contribution is -2.11. The number of hydrogen-bond acceptors (Lipinski definition) is 1. The summed E-state index contributed by atoms with van der Waals surface area (Å²) in [5.41, 5.74) is 0. The van der Waals surface area contributed by atoms with E-state index in [0.29, 0.717) is 12.0 Å². The summed E-state index contributed by atoms with van der Waals surface area (Å²) in [6.07, 6.45) is 0.403. The molecule has 0 aliphatic carbocycles. The Morgan fingerprint density at radius 3 is 1.57 bits per heavy atom. The Labute approximate surface area is 45.7 Å². The lowest BCUT2D eigenvalue weighted by atomic mass is 10.1. The minimum atomic E-state index is 0.403. The molecule has 0 fully saturated rings. The van der Waals surface area contributed by atoms with Gasteiger partial charge in [-0.3, -0.25) is 0 Å². The molecule has 0 aromatic carbocycles. The van der Waals surface area contributed by atoms with Crippen molar-refractivity contribution in [3.63, 3.8) is 0 Å². The van der Waals surface area contributed by atoms with Crippen LogP contribution >= 0.6 is 0 Å². The summed E-state index contributed by atoms with van der Waals surface area (Å²) in [4.78, 5) is 0. The number of ether oxygens (including phenoxy) is 1. The first kappa shape index (κ1) is 6.96. The van der Waals surface area contributed by atoms with Crippen LogP contribution in [0.1, 0.15) is 20.8 Å². The Morgan fingerprint density at radius 1 is 1.14 bits per heavy atom.